The molecule has 0 saturated carbocycles. The summed E-state index contributed by atoms with van der Waals surface area (Å²) in [6.45, 7) is 0.425. The maximum Gasteiger partial charge on any atom is 0.285 e. The monoisotopic (exact) mass is 331 g/mol. The maximum absolute atomic E-state index is 11.4. The Kier molecular flexibility index (Phi) is 4.29. The van der Waals surface area contributed by atoms with Crippen LogP contribution >= 0.6 is 11.6 Å². The van der Waals surface area contributed by atoms with Crippen molar-refractivity contribution in [3.05, 3.63) is 63.8 Å². The van der Waals surface area contributed by atoms with E-state index in [1.54, 1.807) is 11.8 Å². The zero-order valence-electron chi connectivity index (χ0n) is 12.3. The van der Waals surface area contributed by atoms with E-state index in [1.807, 2.05) is 36.5 Å². The number of benzene rings is 1. The van der Waals surface area contributed by atoms with Crippen LogP contribution in [0.2, 0.25) is 5.02 Å². The molecule has 7 nitrogen and oxygen atoms in total. The highest BCUT2D eigenvalue weighted by molar-refractivity contribution is 6.32. The molecule has 3 aromatic rings. The smallest absolute Gasteiger partial charge is 0.285 e. The molecule has 0 atom stereocenters. The number of hydrogen-bond acceptors (Lipinski definition) is 5. The van der Waals surface area contributed by atoms with Gasteiger partial charge < -0.3 is 10.1 Å². The fraction of sp³-hybridized carbons (Fsp3) is 0.133. The van der Waals surface area contributed by atoms with E-state index in [2.05, 4.69) is 20.6 Å². The Bertz CT molecular complexity index is 857. The molecule has 2 heterocycles. The lowest BCUT2D eigenvalue weighted by Gasteiger charge is -2.05. The Morgan fingerprint density at radius 2 is 2.09 bits per heavy atom. The number of anilines is 1. The van der Waals surface area contributed by atoms with Crippen LogP contribution in [0.1, 0.15) is 5.69 Å². The van der Waals surface area contributed by atoms with Gasteiger partial charge in [-0.15, -0.1) is 0 Å². The van der Waals surface area contributed by atoms with Gasteiger partial charge in [0.2, 0.25) is 0 Å². The minimum Gasteiger partial charge on any atom is -0.497 e. The molecular weight excluding hydrogens is 318 g/mol. The molecule has 118 valence electrons. The third kappa shape index (κ3) is 3.35. The van der Waals surface area contributed by atoms with Gasteiger partial charge in [-0.3, -0.25) is 4.79 Å². The molecule has 0 spiro atoms. The van der Waals surface area contributed by atoms with Crippen molar-refractivity contribution in [2.75, 3.05) is 12.4 Å². The molecule has 1 aromatic carbocycles. The van der Waals surface area contributed by atoms with Crippen LogP contribution in [-0.4, -0.2) is 27.1 Å². The van der Waals surface area contributed by atoms with Crippen LogP contribution in [0.5, 0.6) is 5.75 Å². The predicted molar refractivity (Wildman–Crippen MR) is 87.3 cm³/mol. The van der Waals surface area contributed by atoms with Crippen molar-refractivity contribution in [1.29, 1.82) is 0 Å². The van der Waals surface area contributed by atoms with Gasteiger partial charge in [0.1, 0.15) is 10.8 Å². The van der Waals surface area contributed by atoms with E-state index in [0.29, 0.717) is 12.2 Å². The zero-order chi connectivity index (χ0) is 16.2. The van der Waals surface area contributed by atoms with Gasteiger partial charge in [-0.2, -0.15) is 10.2 Å². The Labute approximate surface area is 136 Å². The Balaban J connectivity index is 1.71. The average Bonchev–Trinajstić information content (AvgIpc) is 3.05. The first kappa shape index (κ1) is 15.1. The largest absolute Gasteiger partial charge is 0.497 e. The van der Waals surface area contributed by atoms with E-state index in [-0.39, 0.29) is 5.02 Å². The number of aromatic nitrogens is 4. The van der Waals surface area contributed by atoms with Crippen molar-refractivity contribution in [3.63, 3.8) is 0 Å². The van der Waals surface area contributed by atoms with Crippen molar-refractivity contribution < 1.29 is 4.74 Å². The summed E-state index contributed by atoms with van der Waals surface area (Å²) in [5.41, 5.74) is 1.76. The third-order valence-corrected chi connectivity index (χ3v) is 3.61. The zero-order valence-corrected chi connectivity index (χ0v) is 13.0. The molecule has 0 aliphatic rings. The average molecular weight is 332 g/mol. The number of nitrogens with one attached hydrogen (secondary N) is 2. The lowest BCUT2D eigenvalue weighted by atomic mass is 10.3. The summed E-state index contributed by atoms with van der Waals surface area (Å²) in [6, 6.07) is 9.46. The van der Waals surface area contributed by atoms with E-state index in [0.717, 1.165) is 17.1 Å². The molecule has 0 amide bonds. The highest BCUT2D eigenvalue weighted by Crippen LogP contribution is 2.17. The minimum atomic E-state index is -0.430. The Morgan fingerprint density at radius 1 is 1.30 bits per heavy atom. The lowest BCUT2D eigenvalue weighted by Crippen LogP contribution is -2.12. The van der Waals surface area contributed by atoms with Gasteiger partial charge in [0.25, 0.3) is 5.56 Å². The topological polar surface area (TPSA) is 84.8 Å². The lowest BCUT2D eigenvalue weighted by molar-refractivity contribution is 0.414. The Hall–Kier alpha value is -2.80. The van der Waals surface area contributed by atoms with Crippen LogP contribution in [0, 0.1) is 0 Å². The SMILES string of the molecule is COc1ccc(-n2ccc(CNc3cn[nH]c(=O)c3Cl)n2)cc1. The highest BCUT2D eigenvalue weighted by Gasteiger charge is 2.06. The molecule has 8 heteroatoms. The molecule has 2 N–H and O–H groups in total. The number of H-pyrrole nitrogens is 1. The summed E-state index contributed by atoms with van der Waals surface area (Å²) in [6.07, 6.45) is 3.32. The maximum atomic E-state index is 11.4. The van der Waals surface area contributed by atoms with Gasteiger partial charge in [-0.25, -0.2) is 9.78 Å². The summed E-state index contributed by atoms with van der Waals surface area (Å²) >= 11 is 5.91. The fourth-order valence-electron chi connectivity index (χ4n) is 2.03. The van der Waals surface area contributed by atoms with Gasteiger partial charge in [0, 0.05) is 6.20 Å². The quantitative estimate of drug-likeness (QED) is 0.749. The summed E-state index contributed by atoms with van der Waals surface area (Å²) in [7, 11) is 1.63. The van der Waals surface area contributed by atoms with Gasteiger partial charge in [-0.1, -0.05) is 11.6 Å². The number of rotatable bonds is 5. The number of aromatic amines is 1. The summed E-state index contributed by atoms with van der Waals surface area (Å²) < 4.78 is 6.89. The third-order valence-electron chi connectivity index (χ3n) is 3.24. The number of nitrogens with zero attached hydrogens (tertiary/aromatic N) is 3. The van der Waals surface area contributed by atoms with E-state index in [9.17, 15) is 4.79 Å². The van der Waals surface area contributed by atoms with Crippen LogP contribution in [0.25, 0.3) is 5.69 Å². The predicted octanol–water partition coefficient (Wildman–Crippen LogP) is 2.23. The molecule has 0 aliphatic heterocycles. The van der Waals surface area contributed by atoms with Crippen LogP contribution in [-0.2, 0) is 6.54 Å². The second-order valence-electron chi connectivity index (χ2n) is 4.73. The molecule has 0 saturated heterocycles. The molecule has 3 rings (SSSR count). The van der Waals surface area contributed by atoms with E-state index in [4.69, 9.17) is 16.3 Å². The van der Waals surface area contributed by atoms with Crippen molar-refractivity contribution in [3.8, 4) is 11.4 Å². The first-order chi connectivity index (χ1) is 11.2. The first-order valence-corrected chi connectivity index (χ1v) is 7.21. The molecule has 0 bridgehead atoms. The van der Waals surface area contributed by atoms with Crippen molar-refractivity contribution in [2.45, 2.75) is 6.54 Å². The normalized spacial score (nSPS) is 10.5. The molecule has 0 radical (unpaired) electrons. The summed E-state index contributed by atoms with van der Waals surface area (Å²) in [5, 5.41) is 13.6. The molecule has 0 aliphatic carbocycles. The van der Waals surface area contributed by atoms with Gasteiger partial charge in [-0.05, 0) is 30.3 Å². The molecule has 23 heavy (non-hydrogen) atoms. The number of methoxy groups -OCH3 is 1. The summed E-state index contributed by atoms with van der Waals surface area (Å²) in [5.74, 6) is 0.791. The number of halogens is 1. The van der Waals surface area contributed by atoms with E-state index < -0.39 is 5.56 Å². The summed E-state index contributed by atoms with van der Waals surface area (Å²) in [4.78, 5) is 11.4. The van der Waals surface area contributed by atoms with Crippen LogP contribution in [0.3, 0.4) is 0 Å². The van der Waals surface area contributed by atoms with Crippen LogP contribution in [0.4, 0.5) is 5.69 Å². The van der Waals surface area contributed by atoms with Crippen molar-refractivity contribution in [1.82, 2.24) is 20.0 Å². The molecular formula is C15H14ClN5O2. The second-order valence-corrected chi connectivity index (χ2v) is 5.11. The van der Waals surface area contributed by atoms with Crippen LogP contribution < -0.4 is 15.6 Å². The highest BCUT2D eigenvalue weighted by atomic mass is 35.5. The second kappa shape index (κ2) is 6.53. The Morgan fingerprint density at radius 3 is 2.83 bits per heavy atom. The molecule has 0 fully saturated rings. The molecule has 0 unspecified atom stereocenters. The van der Waals surface area contributed by atoms with Gasteiger partial charge in [0.15, 0.2) is 0 Å². The number of hydrogen-bond donors (Lipinski definition) is 2. The van der Waals surface area contributed by atoms with Crippen LogP contribution in [0.15, 0.2) is 47.5 Å². The van der Waals surface area contributed by atoms with E-state index >= 15 is 0 Å². The molecule has 2 aromatic heterocycles. The number of ether oxygens (including phenoxy) is 1. The van der Waals surface area contributed by atoms with Crippen molar-refractivity contribution in [2.24, 2.45) is 0 Å². The standard InChI is InChI=1S/C15H14ClN5O2/c1-23-12-4-2-11(3-5-12)21-7-6-10(20-21)8-17-13-9-18-19-15(22)14(13)16/h2-7,9H,8H2,1H3,(H2,17,19,22). The minimum absolute atomic E-state index is 0.0783. The van der Waals surface area contributed by atoms with Gasteiger partial charge >= 0.3 is 0 Å². The van der Waals surface area contributed by atoms with Crippen molar-refractivity contribution >= 4 is 17.3 Å². The first-order valence-electron chi connectivity index (χ1n) is 6.83. The van der Waals surface area contributed by atoms with Gasteiger partial charge in [0.05, 0.1) is 36.9 Å². The fourth-order valence-corrected chi connectivity index (χ4v) is 2.19. The van der Waals surface area contributed by atoms with E-state index in [1.165, 1.54) is 6.20 Å².